The number of nitro groups is 1. The van der Waals surface area contributed by atoms with Crippen molar-refractivity contribution in [1.82, 2.24) is 20.2 Å². The lowest BCUT2D eigenvalue weighted by molar-refractivity contribution is -0.394. The molecule has 2 aromatic heterocycles. The maximum Gasteiger partial charge on any atom is 0.514 e. The number of hydrogen-bond donors (Lipinski definition) is 0. The van der Waals surface area contributed by atoms with Gasteiger partial charge in [0.2, 0.25) is 0 Å². The molecule has 0 aliphatic heterocycles. The summed E-state index contributed by atoms with van der Waals surface area (Å²) in [5, 5.41) is 21.9. The van der Waals surface area contributed by atoms with Crippen molar-refractivity contribution in [1.29, 1.82) is 0 Å². The van der Waals surface area contributed by atoms with E-state index in [2.05, 4.69) is 20.4 Å². The lowest BCUT2D eigenvalue weighted by atomic mass is 9.95. The van der Waals surface area contributed by atoms with E-state index < -0.39 is 10.9 Å². The van der Waals surface area contributed by atoms with Crippen molar-refractivity contribution < 1.29 is 14.5 Å². The molecule has 138 valence electrons. The van der Waals surface area contributed by atoms with Gasteiger partial charge in [-0.1, -0.05) is 4.80 Å². The summed E-state index contributed by atoms with van der Waals surface area (Å²) in [7, 11) is 0. The quantitative estimate of drug-likeness (QED) is 0.327. The minimum Gasteiger partial charge on any atom is -0.462 e. The number of esters is 1. The molecule has 1 aliphatic carbocycles. The van der Waals surface area contributed by atoms with Crippen LogP contribution in [0.15, 0.2) is 4.99 Å². The largest absolute Gasteiger partial charge is 0.514 e. The van der Waals surface area contributed by atoms with Gasteiger partial charge < -0.3 is 14.9 Å². The maximum atomic E-state index is 12.4. The lowest BCUT2D eigenvalue weighted by Crippen LogP contribution is -2.11. The molecular formula is C15H18N6O4S. The highest BCUT2D eigenvalue weighted by molar-refractivity contribution is 7.16. The first kappa shape index (κ1) is 18.1. The number of aliphatic imine (C=N–C) groups is 1. The van der Waals surface area contributed by atoms with Crippen LogP contribution in [-0.4, -0.2) is 43.4 Å². The SMILES string of the molecule is CCOC(=O)c1c(N=C(C)Cn2nnc([N+](=O)[O-])n2)sc2c1CCCC2. The molecule has 1 aliphatic rings. The molecular weight excluding hydrogens is 360 g/mol. The Morgan fingerprint density at radius 3 is 2.88 bits per heavy atom. The summed E-state index contributed by atoms with van der Waals surface area (Å²) in [5.74, 6) is -0.912. The molecule has 2 aromatic rings. The van der Waals surface area contributed by atoms with Gasteiger partial charge in [0.05, 0.1) is 22.4 Å². The van der Waals surface area contributed by atoms with Crippen molar-refractivity contribution in [2.24, 2.45) is 4.99 Å². The van der Waals surface area contributed by atoms with Crippen LogP contribution in [0.1, 0.15) is 47.5 Å². The number of nitrogens with zero attached hydrogens (tertiary/aromatic N) is 6. The maximum absolute atomic E-state index is 12.4. The van der Waals surface area contributed by atoms with Crippen LogP contribution in [-0.2, 0) is 24.1 Å². The third kappa shape index (κ3) is 3.77. The van der Waals surface area contributed by atoms with E-state index in [1.165, 1.54) is 16.2 Å². The van der Waals surface area contributed by atoms with Crippen molar-refractivity contribution in [3.8, 4) is 0 Å². The molecule has 11 heteroatoms. The number of rotatable bonds is 6. The number of aromatic nitrogens is 4. The number of fused-ring (bicyclic) bond motifs is 1. The summed E-state index contributed by atoms with van der Waals surface area (Å²) < 4.78 is 5.21. The average molecular weight is 378 g/mol. The van der Waals surface area contributed by atoms with Crippen LogP contribution >= 0.6 is 11.3 Å². The molecule has 0 unspecified atom stereocenters. The Kier molecular flexibility index (Phi) is 5.35. The Morgan fingerprint density at radius 1 is 1.42 bits per heavy atom. The third-order valence-corrected chi connectivity index (χ3v) is 5.09. The Morgan fingerprint density at radius 2 is 2.19 bits per heavy atom. The van der Waals surface area contributed by atoms with Crippen LogP contribution in [0.4, 0.5) is 10.9 Å². The number of hydrogen-bond acceptors (Lipinski definition) is 9. The molecule has 0 aromatic carbocycles. The predicted molar refractivity (Wildman–Crippen MR) is 94.2 cm³/mol. The fraction of sp³-hybridized carbons (Fsp3) is 0.533. The molecule has 0 radical (unpaired) electrons. The number of carbonyl (C=O) groups excluding carboxylic acids is 1. The fourth-order valence-electron chi connectivity index (χ4n) is 2.83. The second-order valence-electron chi connectivity index (χ2n) is 5.84. The first-order valence-corrected chi connectivity index (χ1v) is 9.09. The van der Waals surface area contributed by atoms with Gasteiger partial charge in [0.25, 0.3) is 0 Å². The van der Waals surface area contributed by atoms with E-state index >= 15 is 0 Å². The second-order valence-corrected chi connectivity index (χ2v) is 6.92. The van der Waals surface area contributed by atoms with Crippen LogP contribution in [0.25, 0.3) is 0 Å². The predicted octanol–water partition coefficient (Wildman–Crippen LogP) is 2.49. The van der Waals surface area contributed by atoms with Crippen molar-refractivity contribution in [2.45, 2.75) is 46.1 Å². The molecule has 0 saturated carbocycles. The van der Waals surface area contributed by atoms with Crippen LogP contribution in [0.5, 0.6) is 0 Å². The summed E-state index contributed by atoms with van der Waals surface area (Å²) in [5.41, 5.74) is 2.20. The number of ether oxygens (including phenoxy) is 1. The highest BCUT2D eigenvalue weighted by Gasteiger charge is 2.26. The zero-order valence-electron chi connectivity index (χ0n) is 14.5. The summed E-state index contributed by atoms with van der Waals surface area (Å²) >= 11 is 1.50. The molecule has 0 saturated heterocycles. The van der Waals surface area contributed by atoms with Gasteiger partial charge in [-0.25, -0.2) is 9.79 Å². The van der Waals surface area contributed by atoms with E-state index in [0.29, 0.717) is 22.9 Å². The second kappa shape index (κ2) is 7.68. The standard InChI is InChI=1S/C15H18N6O4S/c1-3-25-14(22)12-10-6-4-5-7-11(10)26-13(12)16-9(2)8-20-18-15(17-19-20)21(23)24/h3-8H2,1-2H3. The number of carbonyl (C=O) groups is 1. The van der Waals surface area contributed by atoms with Crippen molar-refractivity contribution in [2.75, 3.05) is 6.61 Å². The van der Waals surface area contributed by atoms with E-state index in [4.69, 9.17) is 4.74 Å². The van der Waals surface area contributed by atoms with Gasteiger partial charge in [-0.2, -0.15) is 0 Å². The van der Waals surface area contributed by atoms with Crippen LogP contribution in [0.2, 0.25) is 0 Å². The molecule has 10 nitrogen and oxygen atoms in total. The number of thiophene rings is 1. The van der Waals surface area contributed by atoms with Crippen LogP contribution in [0, 0.1) is 10.1 Å². The Labute approximate surface area is 153 Å². The summed E-state index contributed by atoms with van der Waals surface area (Å²) in [4.78, 5) is 29.2. The Balaban J connectivity index is 1.89. The van der Waals surface area contributed by atoms with Gasteiger partial charge in [-0.3, -0.25) is 0 Å². The molecule has 3 rings (SSSR count). The summed E-state index contributed by atoms with van der Waals surface area (Å²) in [6, 6.07) is 0. The first-order valence-electron chi connectivity index (χ1n) is 8.27. The average Bonchev–Trinajstić information content (AvgIpc) is 3.19. The molecule has 26 heavy (non-hydrogen) atoms. The molecule has 0 fully saturated rings. The van der Waals surface area contributed by atoms with Gasteiger partial charge in [0.15, 0.2) is 0 Å². The molecule has 0 N–H and O–H groups in total. The zero-order chi connectivity index (χ0) is 18.7. The van der Waals surface area contributed by atoms with Crippen LogP contribution < -0.4 is 0 Å². The molecule has 0 spiro atoms. The van der Waals surface area contributed by atoms with E-state index in [9.17, 15) is 14.9 Å². The minimum atomic E-state index is -0.706. The van der Waals surface area contributed by atoms with E-state index in [0.717, 1.165) is 36.0 Å². The first-order chi connectivity index (χ1) is 12.5. The van der Waals surface area contributed by atoms with Crippen molar-refractivity contribution in [3.05, 3.63) is 26.1 Å². The number of aryl methyl sites for hydroxylation is 1. The third-order valence-electron chi connectivity index (χ3n) is 3.90. The van der Waals surface area contributed by atoms with Gasteiger partial charge in [-0.15, -0.1) is 11.3 Å². The fourth-order valence-corrected chi connectivity index (χ4v) is 4.15. The highest BCUT2D eigenvalue weighted by Crippen LogP contribution is 2.40. The van der Waals surface area contributed by atoms with Crippen molar-refractivity contribution >= 4 is 34.0 Å². The van der Waals surface area contributed by atoms with Gasteiger partial charge >= 0.3 is 11.9 Å². The Bertz CT molecular complexity index is 872. The topological polar surface area (TPSA) is 125 Å². The van der Waals surface area contributed by atoms with Gasteiger partial charge in [-0.05, 0) is 50.0 Å². The normalized spacial score (nSPS) is 14.2. The van der Waals surface area contributed by atoms with E-state index in [-0.39, 0.29) is 12.5 Å². The monoisotopic (exact) mass is 378 g/mol. The summed E-state index contributed by atoms with van der Waals surface area (Å²) in [6.45, 7) is 3.97. The molecule has 2 heterocycles. The number of tetrazole rings is 1. The van der Waals surface area contributed by atoms with Gasteiger partial charge in [0.1, 0.15) is 11.5 Å². The van der Waals surface area contributed by atoms with Crippen molar-refractivity contribution in [3.63, 3.8) is 0 Å². The van der Waals surface area contributed by atoms with Gasteiger partial charge in [0, 0.05) is 15.8 Å². The van der Waals surface area contributed by atoms with Crippen LogP contribution in [0.3, 0.4) is 0 Å². The van der Waals surface area contributed by atoms with E-state index in [1.807, 2.05) is 0 Å². The summed E-state index contributed by atoms with van der Waals surface area (Å²) in [6.07, 6.45) is 3.94. The lowest BCUT2D eigenvalue weighted by Gasteiger charge is -2.11. The molecule has 0 atom stereocenters. The molecule has 0 amide bonds. The Hall–Kier alpha value is -2.69. The highest BCUT2D eigenvalue weighted by atomic mass is 32.1. The molecule has 0 bridgehead atoms. The smallest absolute Gasteiger partial charge is 0.462 e. The zero-order valence-corrected chi connectivity index (χ0v) is 15.3. The minimum absolute atomic E-state index is 0.145. The van der Waals surface area contributed by atoms with E-state index in [1.54, 1.807) is 13.8 Å².